The number of Topliss-reactive ketones (excluding diaryl/α,β-unsaturated/α-hetero) is 1. The maximum atomic E-state index is 14.4. The molecule has 0 amide bonds. The first-order valence-electron chi connectivity index (χ1n) is 15.5. The Labute approximate surface area is 283 Å². The summed E-state index contributed by atoms with van der Waals surface area (Å²) in [6.07, 6.45) is 0.408. The highest BCUT2D eigenvalue weighted by atomic mass is 35.5. The average molecular weight is 678 g/mol. The van der Waals surface area contributed by atoms with E-state index < -0.39 is 24.8 Å². The number of carbonyl (C=O) groups excluding carboxylic acids is 1. The molecule has 6 aromatic carbocycles. The number of carbonyl (C=O) groups is 1. The lowest BCUT2D eigenvalue weighted by atomic mass is 10.2. The molecule has 0 N–H and O–H groups in total. The first-order chi connectivity index (χ1) is 22.6. The topological polar surface area (TPSA) is 17.1 Å². The van der Waals surface area contributed by atoms with E-state index in [-0.39, 0.29) is 18.6 Å². The summed E-state index contributed by atoms with van der Waals surface area (Å²) in [7, 11) is -4.89. The second kappa shape index (κ2) is 14.9. The van der Waals surface area contributed by atoms with Crippen LogP contribution < -0.4 is 31.8 Å². The normalized spacial score (nSPS) is 13.1. The maximum absolute atomic E-state index is 14.4. The fourth-order valence-electron chi connectivity index (χ4n) is 6.58. The number of halogens is 2. The van der Waals surface area contributed by atoms with Crippen LogP contribution in [-0.4, -0.2) is 16.0 Å². The van der Waals surface area contributed by atoms with Gasteiger partial charge in [0.2, 0.25) is 0 Å². The zero-order valence-corrected chi connectivity index (χ0v) is 28.7. The molecule has 1 nitrogen and oxygen atoms in total. The summed E-state index contributed by atoms with van der Waals surface area (Å²) in [5.41, 5.74) is 0. The summed E-state index contributed by atoms with van der Waals surface area (Å²) < 4.78 is 0. The Morgan fingerprint density at radius 2 is 0.543 bits per heavy atom. The van der Waals surface area contributed by atoms with E-state index in [1.807, 2.05) is 36.4 Å². The van der Waals surface area contributed by atoms with Crippen molar-refractivity contribution in [3.05, 3.63) is 182 Å². The molecule has 0 radical (unpaired) electrons. The quantitative estimate of drug-likeness (QED) is 0.0939. The third-order valence-corrected chi connectivity index (χ3v) is 19.4. The Balaban J connectivity index is 1.43. The third-order valence-electron chi connectivity index (χ3n) is 8.61. The van der Waals surface area contributed by atoms with Crippen molar-refractivity contribution in [1.29, 1.82) is 0 Å². The smallest absolute Gasteiger partial charge is 0.163 e. The zero-order chi connectivity index (χ0) is 31.8. The second-order valence-corrected chi connectivity index (χ2v) is 20.2. The van der Waals surface area contributed by atoms with Crippen molar-refractivity contribution in [1.82, 2.24) is 0 Å². The van der Waals surface area contributed by atoms with Crippen LogP contribution in [0.15, 0.2) is 182 Å². The molecular formula is C41H36Cl2OP2+2. The van der Waals surface area contributed by atoms with Crippen LogP contribution in [0.5, 0.6) is 0 Å². The number of hydrogen-bond donors (Lipinski definition) is 0. The van der Waals surface area contributed by atoms with Crippen LogP contribution in [0.25, 0.3) is 0 Å². The van der Waals surface area contributed by atoms with Gasteiger partial charge in [-0.15, -0.1) is 0 Å². The molecule has 6 rings (SSSR count). The average Bonchev–Trinajstić information content (AvgIpc) is 3.12. The van der Waals surface area contributed by atoms with Gasteiger partial charge < -0.3 is 0 Å². The molecule has 5 heteroatoms. The predicted molar refractivity (Wildman–Crippen MR) is 204 cm³/mol. The molecule has 0 aliphatic heterocycles. The van der Waals surface area contributed by atoms with Gasteiger partial charge in [0.1, 0.15) is 52.1 Å². The molecule has 0 aliphatic rings. The van der Waals surface area contributed by atoms with Crippen molar-refractivity contribution >= 4 is 75.3 Å². The summed E-state index contributed by atoms with van der Waals surface area (Å²) in [6.45, 7) is 0. The molecule has 2 unspecified atom stereocenters. The molecule has 0 bridgehead atoms. The zero-order valence-electron chi connectivity index (χ0n) is 25.4. The summed E-state index contributed by atoms with van der Waals surface area (Å²) in [6, 6.07) is 62.9. The van der Waals surface area contributed by atoms with E-state index in [9.17, 15) is 4.79 Å². The number of benzene rings is 6. The third kappa shape index (κ3) is 6.23. The van der Waals surface area contributed by atoms with Gasteiger partial charge in [-0.25, -0.2) is 0 Å². The van der Waals surface area contributed by atoms with Gasteiger partial charge in [-0.3, -0.25) is 4.79 Å². The van der Waals surface area contributed by atoms with E-state index in [2.05, 4.69) is 146 Å². The molecule has 0 aromatic heterocycles. The molecule has 0 fully saturated rings. The number of hydrogen-bond acceptors (Lipinski definition) is 1. The lowest BCUT2D eigenvalue weighted by molar-refractivity contribution is -0.118. The van der Waals surface area contributed by atoms with Gasteiger partial charge >= 0.3 is 0 Å². The molecule has 0 aliphatic carbocycles. The van der Waals surface area contributed by atoms with E-state index >= 15 is 0 Å². The fraction of sp³-hybridized carbons (Fsp3) is 0.0976. The molecule has 6 aromatic rings. The SMILES string of the molecule is O=C(CC(Cl)[P+](c1ccccc1)(c1ccccc1)c1ccccc1)CC(Cl)[P+](c1ccccc1)(c1ccccc1)c1ccccc1. The summed E-state index contributed by atoms with van der Waals surface area (Å²) in [4.78, 5) is 14.4. The highest BCUT2D eigenvalue weighted by molar-refractivity contribution is 7.97. The van der Waals surface area contributed by atoms with Gasteiger partial charge in [0, 0.05) is 0 Å². The van der Waals surface area contributed by atoms with Gasteiger partial charge in [-0.1, -0.05) is 132 Å². The van der Waals surface area contributed by atoms with Crippen molar-refractivity contribution in [2.24, 2.45) is 0 Å². The Hall–Kier alpha value is -3.57. The van der Waals surface area contributed by atoms with Crippen molar-refractivity contribution in [2.45, 2.75) is 23.1 Å². The molecule has 0 spiro atoms. The van der Waals surface area contributed by atoms with Crippen molar-refractivity contribution < 1.29 is 4.79 Å². The monoisotopic (exact) mass is 676 g/mol. The second-order valence-electron chi connectivity index (χ2n) is 11.3. The summed E-state index contributed by atoms with van der Waals surface area (Å²) in [5.74, 6) is 0.0688. The van der Waals surface area contributed by atoms with Crippen LogP contribution in [0.4, 0.5) is 0 Å². The maximum Gasteiger partial charge on any atom is 0.163 e. The van der Waals surface area contributed by atoms with E-state index in [4.69, 9.17) is 23.2 Å². The van der Waals surface area contributed by atoms with Crippen LogP contribution in [-0.2, 0) is 4.79 Å². The largest absolute Gasteiger partial charge is 0.299 e. The molecule has 2 atom stereocenters. The molecule has 228 valence electrons. The molecule has 0 heterocycles. The Morgan fingerprint density at radius 1 is 0.370 bits per heavy atom. The van der Waals surface area contributed by atoms with Crippen LogP contribution in [0.1, 0.15) is 12.8 Å². The number of alkyl halides is 2. The highest BCUT2D eigenvalue weighted by Gasteiger charge is 2.55. The lowest BCUT2D eigenvalue weighted by Crippen LogP contribution is -2.39. The minimum absolute atomic E-state index is 0.0688. The van der Waals surface area contributed by atoms with Crippen LogP contribution in [0.2, 0.25) is 0 Å². The highest BCUT2D eigenvalue weighted by Crippen LogP contribution is 2.64. The van der Waals surface area contributed by atoms with Crippen molar-refractivity contribution in [2.75, 3.05) is 0 Å². The van der Waals surface area contributed by atoms with Gasteiger partial charge in [0.05, 0.1) is 12.8 Å². The number of rotatable bonds is 12. The van der Waals surface area contributed by atoms with Crippen LogP contribution in [0, 0.1) is 0 Å². The van der Waals surface area contributed by atoms with Gasteiger partial charge in [-0.2, -0.15) is 0 Å². The van der Waals surface area contributed by atoms with Crippen molar-refractivity contribution in [3.8, 4) is 0 Å². The minimum atomic E-state index is -2.45. The minimum Gasteiger partial charge on any atom is -0.299 e. The fourth-order valence-corrected chi connectivity index (χ4v) is 17.5. The summed E-state index contributed by atoms with van der Waals surface area (Å²) in [5, 5.41) is 6.00. The standard InChI is InChI=1S/C41H36Cl2OP2/c42-40(45(34-19-7-1-8-20-34,35-21-9-2-10-22-35)36-23-11-3-12-24-36)31-33(44)32-41(43)46(37-25-13-4-14-26-37,38-27-15-5-16-28-38)39-29-17-6-18-30-39/h1-30,40-41H,31-32H2/q+2. The molecule has 46 heavy (non-hydrogen) atoms. The van der Waals surface area contributed by atoms with E-state index in [1.165, 1.54) is 0 Å². The molecule has 0 saturated carbocycles. The van der Waals surface area contributed by atoms with Gasteiger partial charge in [0.25, 0.3) is 0 Å². The molecular weight excluding hydrogens is 641 g/mol. The van der Waals surface area contributed by atoms with E-state index in [1.54, 1.807) is 0 Å². The van der Waals surface area contributed by atoms with Crippen LogP contribution >= 0.6 is 37.7 Å². The first kappa shape index (κ1) is 32.4. The van der Waals surface area contributed by atoms with Crippen LogP contribution in [0.3, 0.4) is 0 Å². The van der Waals surface area contributed by atoms with Crippen molar-refractivity contribution in [3.63, 3.8) is 0 Å². The number of ketones is 1. The van der Waals surface area contributed by atoms with Gasteiger partial charge in [0.15, 0.2) is 10.2 Å². The molecule has 0 saturated heterocycles. The first-order valence-corrected chi connectivity index (χ1v) is 20.1. The Morgan fingerprint density at radius 3 is 0.717 bits per heavy atom. The predicted octanol–water partition coefficient (Wildman–Crippen LogP) is 8.45. The van der Waals surface area contributed by atoms with E-state index in [0.717, 1.165) is 31.8 Å². The van der Waals surface area contributed by atoms with E-state index in [0.29, 0.717) is 0 Å². The Bertz CT molecular complexity index is 1490. The summed E-state index contributed by atoms with van der Waals surface area (Å²) >= 11 is 15.3. The lowest BCUT2D eigenvalue weighted by Gasteiger charge is -2.33. The van der Waals surface area contributed by atoms with Gasteiger partial charge in [-0.05, 0) is 72.8 Å². The Kier molecular flexibility index (Phi) is 10.5.